The van der Waals surface area contributed by atoms with Crippen molar-refractivity contribution in [1.29, 1.82) is 0 Å². The zero-order chi connectivity index (χ0) is 17.9. The normalized spacial score (nSPS) is 21.1. The zero-order valence-electron chi connectivity index (χ0n) is 14.9. The number of fused-ring (bicyclic) bond motifs is 1. The summed E-state index contributed by atoms with van der Waals surface area (Å²) < 4.78 is 10.8. The summed E-state index contributed by atoms with van der Waals surface area (Å²) in [5, 5.41) is 2.92. The van der Waals surface area contributed by atoms with Gasteiger partial charge in [-0.1, -0.05) is 0 Å². The second-order valence-corrected chi connectivity index (χ2v) is 7.76. The molecule has 1 N–H and O–H groups in total. The molecule has 2 aromatic rings. The van der Waals surface area contributed by atoms with Crippen molar-refractivity contribution in [3.8, 4) is 11.5 Å². The van der Waals surface area contributed by atoms with E-state index in [1.807, 2.05) is 22.4 Å². The van der Waals surface area contributed by atoms with Crippen LogP contribution in [0.2, 0.25) is 0 Å². The van der Waals surface area contributed by atoms with Crippen LogP contribution in [-0.4, -0.2) is 48.3 Å². The minimum absolute atomic E-state index is 0.0286. The smallest absolute Gasteiger partial charge is 0.254 e. The van der Waals surface area contributed by atoms with Crippen molar-refractivity contribution < 1.29 is 19.2 Å². The molecule has 1 unspecified atom stereocenters. The molecule has 1 aromatic carbocycles. The molecular formula is C19H24N3O3S+. The van der Waals surface area contributed by atoms with Gasteiger partial charge in [0.05, 0.1) is 26.2 Å². The van der Waals surface area contributed by atoms with E-state index in [1.54, 1.807) is 28.5 Å². The van der Waals surface area contributed by atoms with Crippen LogP contribution >= 0.6 is 11.3 Å². The van der Waals surface area contributed by atoms with E-state index in [1.165, 1.54) is 19.4 Å². The predicted octanol–water partition coefficient (Wildman–Crippen LogP) is 1.58. The third kappa shape index (κ3) is 3.54. The van der Waals surface area contributed by atoms with Crippen molar-refractivity contribution in [2.45, 2.75) is 32.4 Å². The molecule has 1 amide bonds. The second kappa shape index (κ2) is 7.63. The number of nitrogens with one attached hydrogen (secondary N) is 1. The fraction of sp³-hybridized carbons (Fsp3) is 0.474. The Balaban J connectivity index is 1.56. The molecule has 1 saturated heterocycles. The number of aromatic nitrogens is 1. The molecule has 6 nitrogen and oxygen atoms in total. The van der Waals surface area contributed by atoms with Crippen molar-refractivity contribution in [2.24, 2.45) is 0 Å². The van der Waals surface area contributed by atoms with Crippen LogP contribution in [0.15, 0.2) is 29.8 Å². The Morgan fingerprint density at radius 1 is 1.38 bits per heavy atom. The molecule has 7 heteroatoms. The van der Waals surface area contributed by atoms with Gasteiger partial charge in [-0.3, -0.25) is 4.79 Å². The molecule has 2 aliphatic rings. The largest absolute Gasteiger partial charge is 0.454 e. The molecular weight excluding hydrogens is 350 g/mol. The number of carbonyl (C=O) groups is 1. The van der Waals surface area contributed by atoms with Gasteiger partial charge in [-0.05, 0) is 25.1 Å². The Bertz CT molecular complexity index is 765. The molecule has 2 atom stereocenters. The van der Waals surface area contributed by atoms with Gasteiger partial charge in [-0.2, -0.15) is 0 Å². The molecule has 0 saturated carbocycles. The van der Waals surface area contributed by atoms with Gasteiger partial charge in [-0.25, -0.2) is 4.98 Å². The predicted molar refractivity (Wildman–Crippen MR) is 98.8 cm³/mol. The van der Waals surface area contributed by atoms with Crippen LogP contribution in [0.3, 0.4) is 0 Å². The summed E-state index contributed by atoms with van der Waals surface area (Å²) in [6.07, 6.45) is 4.20. The molecule has 138 valence electrons. The van der Waals surface area contributed by atoms with Crippen molar-refractivity contribution >= 4 is 17.2 Å². The maximum Gasteiger partial charge on any atom is 0.254 e. The van der Waals surface area contributed by atoms with Crippen molar-refractivity contribution in [3.05, 3.63) is 40.3 Å². The first-order valence-electron chi connectivity index (χ1n) is 9.16. The van der Waals surface area contributed by atoms with Gasteiger partial charge < -0.3 is 19.3 Å². The van der Waals surface area contributed by atoms with E-state index in [9.17, 15) is 4.79 Å². The molecule has 0 bridgehead atoms. The number of amides is 1. The lowest BCUT2D eigenvalue weighted by molar-refractivity contribution is -0.909. The third-order valence-electron chi connectivity index (χ3n) is 5.24. The third-order valence-corrected chi connectivity index (χ3v) is 6.00. The molecule has 4 rings (SSSR count). The van der Waals surface area contributed by atoms with Gasteiger partial charge in [-0.15, -0.1) is 11.3 Å². The van der Waals surface area contributed by atoms with E-state index in [0.29, 0.717) is 29.6 Å². The Morgan fingerprint density at radius 2 is 2.27 bits per heavy atom. The van der Waals surface area contributed by atoms with E-state index in [2.05, 4.69) is 11.9 Å². The monoisotopic (exact) mass is 374 g/mol. The van der Waals surface area contributed by atoms with Crippen LogP contribution in [0.5, 0.6) is 11.5 Å². The second-order valence-electron chi connectivity index (χ2n) is 6.78. The number of carbonyl (C=O) groups excluding carboxylic acids is 1. The minimum Gasteiger partial charge on any atom is -0.454 e. The Hall–Kier alpha value is -2.12. The molecule has 1 fully saturated rings. The summed E-state index contributed by atoms with van der Waals surface area (Å²) in [5.74, 6) is 1.37. The highest BCUT2D eigenvalue weighted by molar-refractivity contribution is 7.09. The summed E-state index contributed by atoms with van der Waals surface area (Å²) in [6.45, 7) is 6.05. The summed E-state index contributed by atoms with van der Waals surface area (Å²) in [5.41, 5.74) is 0.641. The lowest BCUT2D eigenvalue weighted by Gasteiger charge is -2.28. The van der Waals surface area contributed by atoms with Crippen molar-refractivity contribution in [2.75, 3.05) is 26.4 Å². The van der Waals surface area contributed by atoms with E-state index in [-0.39, 0.29) is 12.7 Å². The number of thiazole rings is 1. The Morgan fingerprint density at radius 3 is 3.08 bits per heavy atom. The van der Waals surface area contributed by atoms with E-state index < -0.39 is 0 Å². The highest BCUT2D eigenvalue weighted by atomic mass is 32.1. The van der Waals surface area contributed by atoms with E-state index in [4.69, 9.17) is 9.47 Å². The van der Waals surface area contributed by atoms with Gasteiger partial charge in [0.15, 0.2) is 11.5 Å². The van der Waals surface area contributed by atoms with Crippen LogP contribution in [-0.2, 0) is 6.54 Å². The van der Waals surface area contributed by atoms with E-state index in [0.717, 1.165) is 18.1 Å². The van der Waals surface area contributed by atoms with Crippen LogP contribution in [0.1, 0.15) is 35.1 Å². The lowest BCUT2D eigenvalue weighted by atomic mass is 10.1. The van der Waals surface area contributed by atoms with Gasteiger partial charge >= 0.3 is 0 Å². The Labute approximate surface area is 157 Å². The number of ether oxygens (including phenoxy) is 2. The average molecular weight is 374 g/mol. The number of benzene rings is 1. The van der Waals surface area contributed by atoms with Crippen LogP contribution < -0.4 is 14.4 Å². The summed E-state index contributed by atoms with van der Waals surface area (Å²) >= 11 is 1.59. The highest BCUT2D eigenvalue weighted by Gasteiger charge is 2.31. The molecule has 26 heavy (non-hydrogen) atoms. The van der Waals surface area contributed by atoms with E-state index >= 15 is 0 Å². The average Bonchev–Trinajstić information content (AvgIpc) is 3.41. The molecule has 2 aliphatic heterocycles. The number of hydrogen-bond acceptors (Lipinski definition) is 5. The van der Waals surface area contributed by atoms with Crippen LogP contribution in [0, 0.1) is 0 Å². The van der Waals surface area contributed by atoms with Gasteiger partial charge in [0.25, 0.3) is 5.91 Å². The number of quaternary nitrogens is 1. The number of likely N-dealkylation sites (tertiary alicyclic amines) is 1. The summed E-state index contributed by atoms with van der Waals surface area (Å²) in [4.78, 5) is 21.2. The summed E-state index contributed by atoms with van der Waals surface area (Å²) in [6, 6.07) is 5.93. The fourth-order valence-corrected chi connectivity index (χ4v) is 4.49. The summed E-state index contributed by atoms with van der Waals surface area (Å²) in [7, 11) is 0. The zero-order valence-corrected chi connectivity index (χ0v) is 15.8. The lowest BCUT2D eigenvalue weighted by Crippen LogP contribution is -3.14. The number of likely N-dealkylation sites (N-methyl/N-ethyl adjacent to an activating group) is 1. The number of rotatable bonds is 6. The fourth-order valence-electron chi connectivity index (χ4n) is 3.86. The minimum atomic E-state index is 0.0286. The molecule has 1 aromatic heterocycles. The SMILES string of the molecule is CC[NH+]1CCC[C@@H]1CN(Cc1nccs1)C(=O)c1ccc2c(c1)OCO2. The topological polar surface area (TPSA) is 56.1 Å². The molecule has 0 aliphatic carbocycles. The maximum absolute atomic E-state index is 13.3. The first-order chi connectivity index (χ1) is 12.7. The highest BCUT2D eigenvalue weighted by Crippen LogP contribution is 2.33. The Kier molecular flexibility index (Phi) is 5.08. The van der Waals surface area contributed by atoms with Gasteiger partial charge in [0.1, 0.15) is 11.0 Å². The first kappa shape index (κ1) is 17.3. The number of hydrogen-bond donors (Lipinski definition) is 1. The van der Waals surface area contributed by atoms with Crippen molar-refractivity contribution in [3.63, 3.8) is 0 Å². The van der Waals surface area contributed by atoms with Gasteiger partial charge in [0.2, 0.25) is 6.79 Å². The first-order valence-corrected chi connectivity index (χ1v) is 10.0. The molecule has 0 spiro atoms. The van der Waals surface area contributed by atoms with Crippen LogP contribution in [0.4, 0.5) is 0 Å². The standard InChI is InChI=1S/C19H23N3O3S/c1-2-21-8-3-4-15(21)11-22(12-18-20-7-9-26-18)19(23)14-5-6-16-17(10-14)25-13-24-16/h5-7,9-10,15H,2-4,8,11-13H2,1H3/p+1/t15-/m1/s1. The number of nitrogens with zero attached hydrogens (tertiary/aromatic N) is 2. The van der Waals surface area contributed by atoms with Crippen molar-refractivity contribution in [1.82, 2.24) is 9.88 Å². The van der Waals surface area contributed by atoms with Gasteiger partial charge in [0, 0.05) is 30.0 Å². The maximum atomic E-state index is 13.3. The quantitative estimate of drug-likeness (QED) is 0.834. The molecule has 3 heterocycles. The van der Waals surface area contributed by atoms with Crippen LogP contribution in [0.25, 0.3) is 0 Å². The molecule has 0 radical (unpaired) electrons.